The minimum atomic E-state index is 0.255. The fourth-order valence-electron chi connectivity index (χ4n) is 12.0. The molecule has 8 saturated carbocycles. The number of benzene rings is 2. The summed E-state index contributed by atoms with van der Waals surface area (Å²) in [6.45, 7) is 3.04. The minimum Gasteiger partial charge on any atom is -0.490 e. The van der Waals surface area contributed by atoms with E-state index in [1.54, 1.807) is 11.1 Å². The highest BCUT2D eigenvalue weighted by molar-refractivity contribution is 5.94. The van der Waals surface area contributed by atoms with Gasteiger partial charge in [0.2, 0.25) is 0 Å². The maximum atomic E-state index is 6.71. The van der Waals surface area contributed by atoms with Gasteiger partial charge in [0.15, 0.2) is 0 Å². The van der Waals surface area contributed by atoms with Crippen molar-refractivity contribution < 1.29 is 18.9 Å². The Bertz CT molecular complexity index is 1280. The van der Waals surface area contributed by atoms with Gasteiger partial charge in [-0.15, -0.1) is 0 Å². The van der Waals surface area contributed by atoms with Crippen molar-refractivity contribution in [3.63, 3.8) is 0 Å². The number of hydrogen-bond donors (Lipinski definition) is 0. The van der Waals surface area contributed by atoms with Crippen molar-refractivity contribution in [1.29, 1.82) is 0 Å². The van der Waals surface area contributed by atoms with Gasteiger partial charge in [-0.1, -0.05) is 0 Å². The molecule has 0 amide bonds. The first-order chi connectivity index (χ1) is 19.6. The van der Waals surface area contributed by atoms with Crippen molar-refractivity contribution in [1.82, 2.24) is 0 Å². The van der Waals surface area contributed by atoms with Crippen molar-refractivity contribution in [2.24, 2.45) is 35.5 Å². The first-order valence-corrected chi connectivity index (χ1v) is 16.7. The molecule has 0 spiro atoms. The fraction of sp³-hybridized carbons (Fsp3) is 0.722. The van der Waals surface area contributed by atoms with Crippen LogP contribution in [0.3, 0.4) is 0 Å². The molecule has 2 atom stereocenters. The molecule has 40 heavy (non-hydrogen) atoms. The van der Waals surface area contributed by atoms with Gasteiger partial charge in [0, 0.05) is 16.4 Å². The largest absolute Gasteiger partial charge is 0.490 e. The number of ether oxygens (including phenoxy) is 4. The van der Waals surface area contributed by atoms with Gasteiger partial charge in [-0.05, 0) is 153 Å². The number of epoxide rings is 2. The highest BCUT2D eigenvalue weighted by atomic mass is 16.6. The van der Waals surface area contributed by atoms with Crippen molar-refractivity contribution in [3.8, 4) is 11.5 Å². The lowest BCUT2D eigenvalue weighted by Crippen LogP contribution is -2.49. The van der Waals surface area contributed by atoms with E-state index >= 15 is 0 Å². The summed E-state index contributed by atoms with van der Waals surface area (Å²) >= 11 is 0. The molecular formula is C36H44O4. The lowest BCUT2D eigenvalue weighted by atomic mass is 9.47. The topological polar surface area (TPSA) is 43.5 Å². The van der Waals surface area contributed by atoms with E-state index in [9.17, 15) is 0 Å². The summed E-state index contributed by atoms with van der Waals surface area (Å²) in [5.41, 5.74) is 3.72. The Morgan fingerprint density at radius 2 is 1.05 bits per heavy atom. The third kappa shape index (κ3) is 3.77. The minimum absolute atomic E-state index is 0.255. The first kappa shape index (κ1) is 23.7. The third-order valence-electron chi connectivity index (χ3n) is 12.9. The van der Waals surface area contributed by atoms with Gasteiger partial charge in [0.1, 0.15) is 36.9 Å². The molecule has 4 nitrogen and oxygen atoms in total. The molecule has 2 heterocycles. The Hall–Kier alpha value is -1.78. The van der Waals surface area contributed by atoms with Gasteiger partial charge in [-0.2, -0.15) is 0 Å². The third-order valence-corrected chi connectivity index (χ3v) is 12.9. The average molecular weight is 541 g/mol. The van der Waals surface area contributed by atoms with Gasteiger partial charge >= 0.3 is 0 Å². The Labute approximate surface area is 238 Å². The van der Waals surface area contributed by atoms with Gasteiger partial charge < -0.3 is 18.9 Å². The molecule has 8 aliphatic carbocycles. The molecule has 10 fully saturated rings. The van der Waals surface area contributed by atoms with Crippen molar-refractivity contribution >= 4 is 10.8 Å². The van der Waals surface area contributed by atoms with Crippen LogP contribution in [0.5, 0.6) is 11.5 Å². The number of hydrogen-bond acceptors (Lipinski definition) is 4. The van der Waals surface area contributed by atoms with E-state index in [2.05, 4.69) is 24.3 Å². The van der Waals surface area contributed by atoms with E-state index in [1.165, 1.54) is 87.8 Å². The molecule has 2 aromatic carbocycles. The lowest BCUT2D eigenvalue weighted by Gasteiger charge is -2.58. The second kappa shape index (κ2) is 8.40. The summed E-state index contributed by atoms with van der Waals surface area (Å²) in [7, 11) is 0. The summed E-state index contributed by atoms with van der Waals surface area (Å²) in [6, 6.07) is 9.77. The number of rotatable bonds is 8. The molecule has 8 bridgehead atoms. The smallest absolute Gasteiger partial charge is 0.127 e. The van der Waals surface area contributed by atoms with Crippen LogP contribution in [0, 0.1) is 35.5 Å². The zero-order valence-electron chi connectivity index (χ0n) is 23.9. The van der Waals surface area contributed by atoms with E-state index in [-0.39, 0.29) is 17.6 Å². The van der Waals surface area contributed by atoms with Crippen LogP contribution in [0.15, 0.2) is 24.3 Å². The highest BCUT2D eigenvalue weighted by Crippen LogP contribution is 2.64. The summed E-state index contributed by atoms with van der Waals surface area (Å²) in [5.74, 6) is 7.73. The summed E-state index contributed by atoms with van der Waals surface area (Å²) in [6.07, 6.45) is 17.6. The maximum absolute atomic E-state index is 6.71. The Balaban J connectivity index is 1.17. The van der Waals surface area contributed by atoms with Gasteiger partial charge in [-0.3, -0.25) is 0 Å². The van der Waals surface area contributed by atoms with Crippen LogP contribution < -0.4 is 9.47 Å². The molecular weight excluding hydrogens is 496 g/mol. The van der Waals surface area contributed by atoms with Crippen LogP contribution in [0.2, 0.25) is 0 Å². The quantitative estimate of drug-likeness (QED) is 0.329. The van der Waals surface area contributed by atoms with Crippen LogP contribution in [-0.4, -0.2) is 38.6 Å². The summed E-state index contributed by atoms with van der Waals surface area (Å²) in [5, 5.41) is 2.76. The standard InChI is InChI=1S/C36H44O4/c1-2-32(39-19-28-17-37-28)34(36-14-24-6-25(15-36)8-26(7-24)16-36)31-9-27(10-33(30(1)31)40-20-29-18-38-29)35-11-21-3-22(12-35)5-23(4-21)13-35/h1-2,9-10,21-26,28-29H,3-8,11-20H2. The summed E-state index contributed by atoms with van der Waals surface area (Å²) in [4.78, 5) is 0. The van der Waals surface area contributed by atoms with Crippen LogP contribution in [0.25, 0.3) is 10.8 Å². The van der Waals surface area contributed by atoms with Crippen molar-refractivity contribution in [3.05, 3.63) is 35.4 Å². The van der Waals surface area contributed by atoms with Gasteiger partial charge in [0.05, 0.1) is 13.2 Å². The molecule has 0 N–H and O–H groups in total. The highest BCUT2D eigenvalue weighted by Gasteiger charge is 2.54. The summed E-state index contributed by atoms with van der Waals surface area (Å²) < 4.78 is 24.6. The van der Waals surface area contributed by atoms with Gasteiger partial charge in [0.25, 0.3) is 0 Å². The molecule has 0 aromatic heterocycles. The van der Waals surface area contributed by atoms with E-state index in [1.807, 2.05) is 0 Å². The van der Waals surface area contributed by atoms with E-state index in [0.717, 1.165) is 60.2 Å². The molecule has 12 rings (SSSR count). The Morgan fingerprint density at radius 3 is 1.55 bits per heavy atom. The molecule has 10 aliphatic rings. The van der Waals surface area contributed by atoms with Crippen LogP contribution >= 0.6 is 0 Å². The Kier molecular flexibility index (Phi) is 4.99. The van der Waals surface area contributed by atoms with E-state index in [0.29, 0.717) is 18.6 Å². The second-order valence-corrected chi connectivity index (χ2v) is 15.9. The second-order valence-electron chi connectivity index (χ2n) is 15.9. The van der Waals surface area contributed by atoms with Crippen LogP contribution in [0.4, 0.5) is 0 Å². The molecule has 2 aliphatic heterocycles. The first-order valence-electron chi connectivity index (χ1n) is 16.7. The fourth-order valence-corrected chi connectivity index (χ4v) is 12.0. The molecule has 2 unspecified atom stereocenters. The predicted octanol–water partition coefficient (Wildman–Crippen LogP) is 7.33. The zero-order valence-corrected chi connectivity index (χ0v) is 23.9. The number of fused-ring (bicyclic) bond motifs is 1. The lowest BCUT2D eigenvalue weighted by molar-refractivity contribution is -0.00633. The van der Waals surface area contributed by atoms with E-state index in [4.69, 9.17) is 18.9 Å². The Morgan fingerprint density at radius 1 is 0.575 bits per heavy atom. The normalized spacial score (nSPS) is 45.3. The zero-order chi connectivity index (χ0) is 26.1. The van der Waals surface area contributed by atoms with Crippen molar-refractivity contribution in [2.75, 3.05) is 26.4 Å². The van der Waals surface area contributed by atoms with Crippen LogP contribution in [0.1, 0.15) is 88.2 Å². The molecule has 212 valence electrons. The predicted molar refractivity (Wildman–Crippen MR) is 154 cm³/mol. The average Bonchev–Trinajstić information content (AvgIpc) is 3.84. The molecule has 2 aromatic rings. The monoisotopic (exact) mass is 540 g/mol. The molecule has 2 saturated heterocycles. The SMILES string of the molecule is c1cc2c(OCC3CO3)cc(C34CC5CC(CC(C5)C3)C4)cc2c(C23CC4CC(CC(C4)C2)C3)c1OCC1CO1. The van der Waals surface area contributed by atoms with Crippen LogP contribution in [-0.2, 0) is 20.3 Å². The van der Waals surface area contributed by atoms with Crippen molar-refractivity contribution in [2.45, 2.75) is 100 Å². The molecule has 0 radical (unpaired) electrons. The maximum Gasteiger partial charge on any atom is 0.127 e. The van der Waals surface area contributed by atoms with E-state index < -0.39 is 0 Å². The van der Waals surface area contributed by atoms with Gasteiger partial charge in [-0.25, -0.2) is 0 Å². The molecule has 4 heteroatoms.